The van der Waals surface area contributed by atoms with E-state index >= 15 is 0 Å². The Morgan fingerprint density at radius 1 is 1.16 bits per heavy atom. The first-order chi connectivity index (χ1) is 15.0. The van der Waals surface area contributed by atoms with E-state index in [4.69, 9.17) is 17.3 Å². The van der Waals surface area contributed by atoms with Gasteiger partial charge < -0.3 is 10.6 Å². The van der Waals surface area contributed by atoms with Crippen molar-refractivity contribution < 1.29 is 13.2 Å². The van der Waals surface area contributed by atoms with Gasteiger partial charge >= 0.3 is 5.69 Å². The van der Waals surface area contributed by atoms with Gasteiger partial charge in [-0.3, -0.25) is 19.1 Å². The summed E-state index contributed by atoms with van der Waals surface area (Å²) in [7, 11) is -1.44. The fourth-order valence-corrected chi connectivity index (χ4v) is 5.73. The van der Waals surface area contributed by atoms with Crippen LogP contribution in [0.3, 0.4) is 0 Å². The van der Waals surface area contributed by atoms with Crippen molar-refractivity contribution >= 4 is 50.4 Å². The third-order valence-electron chi connectivity index (χ3n) is 4.68. The van der Waals surface area contributed by atoms with Gasteiger partial charge in [0.15, 0.2) is 5.69 Å². The Hall–Kier alpha value is -2.93. The van der Waals surface area contributed by atoms with Crippen molar-refractivity contribution in [3.05, 3.63) is 73.2 Å². The SMILES string of the molecule is CN(C(=O)CN(C)S(=O)(=O)c1ccc(Cl)s1)c1c(N)n(Cc2ccccc2)c(=O)[nH]c1=O. The number of hydrogen-bond acceptors (Lipinski definition) is 7. The summed E-state index contributed by atoms with van der Waals surface area (Å²) in [6.45, 7) is -0.490. The number of sulfonamides is 1. The Morgan fingerprint density at radius 3 is 2.41 bits per heavy atom. The summed E-state index contributed by atoms with van der Waals surface area (Å²) in [6, 6.07) is 11.7. The van der Waals surface area contributed by atoms with Crippen molar-refractivity contribution in [2.24, 2.45) is 0 Å². The number of amides is 1. The molecule has 0 saturated carbocycles. The monoisotopic (exact) mass is 497 g/mol. The van der Waals surface area contributed by atoms with Crippen LogP contribution in [-0.4, -0.2) is 48.8 Å². The van der Waals surface area contributed by atoms with Crippen LogP contribution < -0.4 is 21.9 Å². The van der Waals surface area contributed by atoms with Crippen LogP contribution >= 0.6 is 22.9 Å². The molecule has 3 N–H and O–H groups in total. The van der Waals surface area contributed by atoms with Crippen molar-refractivity contribution in [3.63, 3.8) is 0 Å². The standard InChI is InChI=1S/C19H20ClN5O5S2/c1-23(32(29,30)15-9-8-13(20)31-15)11-14(26)24(2)16-17(21)25(19(28)22-18(16)27)10-12-6-4-3-5-7-12/h3-9H,10-11,21H2,1-2H3,(H,22,27,28). The summed E-state index contributed by atoms with van der Waals surface area (Å²) in [6.07, 6.45) is 0. The highest BCUT2D eigenvalue weighted by atomic mass is 35.5. The number of likely N-dealkylation sites (N-methyl/N-ethyl adjacent to an activating group) is 2. The molecule has 0 aliphatic heterocycles. The molecule has 2 aromatic heterocycles. The maximum Gasteiger partial charge on any atom is 0.330 e. The van der Waals surface area contributed by atoms with Gasteiger partial charge in [-0.05, 0) is 17.7 Å². The number of hydrogen-bond donors (Lipinski definition) is 2. The average Bonchev–Trinajstić information content (AvgIpc) is 3.18. The van der Waals surface area contributed by atoms with E-state index < -0.39 is 33.7 Å². The molecule has 3 rings (SSSR count). The highest BCUT2D eigenvalue weighted by Crippen LogP contribution is 2.27. The fraction of sp³-hybridized carbons (Fsp3) is 0.211. The summed E-state index contributed by atoms with van der Waals surface area (Å²) in [5.41, 5.74) is 5.01. The number of benzene rings is 1. The molecule has 0 atom stereocenters. The number of anilines is 2. The van der Waals surface area contributed by atoms with Gasteiger partial charge in [-0.25, -0.2) is 13.2 Å². The van der Waals surface area contributed by atoms with Crippen LogP contribution in [0.4, 0.5) is 11.5 Å². The lowest BCUT2D eigenvalue weighted by Gasteiger charge is -2.23. The summed E-state index contributed by atoms with van der Waals surface area (Å²) >= 11 is 6.67. The minimum Gasteiger partial charge on any atom is -0.383 e. The number of aromatic nitrogens is 2. The van der Waals surface area contributed by atoms with Crippen LogP contribution in [0, 0.1) is 0 Å². The molecule has 13 heteroatoms. The lowest BCUT2D eigenvalue weighted by atomic mass is 10.2. The molecule has 3 aromatic rings. The van der Waals surface area contributed by atoms with E-state index in [9.17, 15) is 22.8 Å². The molecule has 10 nitrogen and oxygen atoms in total. The molecule has 0 radical (unpaired) electrons. The minimum absolute atomic E-state index is 0.0192. The van der Waals surface area contributed by atoms with Gasteiger partial charge in [0, 0.05) is 14.1 Å². The molecule has 0 saturated heterocycles. The van der Waals surface area contributed by atoms with Gasteiger partial charge in [0.1, 0.15) is 10.0 Å². The van der Waals surface area contributed by atoms with Crippen molar-refractivity contribution in [2.45, 2.75) is 10.8 Å². The molecule has 0 aliphatic rings. The van der Waals surface area contributed by atoms with Gasteiger partial charge in [-0.1, -0.05) is 41.9 Å². The largest absolute Gasteiger partial charge is 0.383 e. The number of nitrogens with two attached hydrogens (primary N) is 1. The van der Waals surface area contributed by atoms with Crippen molar-refractivity contribution in [3.8, 4) is 0 Å². The number of carbonyl (C=O) groups excluding carboxylic acids is 1. The number of nitrogen functional groups attached to an aromatic ring is 1. The third kappa shape index (κ3) is 4.78. The topological polar surface area (TPSA) is 139 Å². The minimum atomic E-state index is -3.96. The van der Waals surface area contributed by atoms with E-state index in [2.05, 4.69) is 4.98 Å². The molecule has 1 amide bonds. The summed E-state index contributed by atoms with van der Waals surface area (Å²) < 4.78 is 27.5. The quantitative estimate of drug-likeness (QED) is 0.502. The number of carbonyl (C=O) groups is 1. The number of nitrogens with zero attached hydrogens (tertiary/aromatic N) is 3. The van der Waals surface area contributed by atoms with Gasteiger partial charge in [0.25, 0.3) is 15.6 Å². The molecule has 2 heterocycles. The van der Waals surface area contributed by atoms with Crippen LogP contribution in [0.1, 0.15) is 5.56 Å². The molecule has 0 bridgehead atoms. The fourth-order valence-electron chi connectivity index (χ4n) is 2.92. The van der Waals surface area contributed by atoms with Gasteiger partial charge in [0.2, 0.25) is 5.91 Å². The number of thiophene rings is 1. The maximum atomic E-state index is 12.8. The zero-order valence-electron chi connectivity index (χ0n) is 17.1. The van der Waals surface area contributed by atoms with E-state index in [1.807, 2.05) is 6.07 Å². The number of nitrogens with one attached hydrogen (secondary N) is 1. The van der Waals surface area contributed by atoms with Crippen LogP contribution in [0.5, 0.6) is 0 Å². The number of rotatable bonds is 7. The van der Waals surface area contributed by atoms with Crippen molar-refractivity contribution in [2.75, 3.05) is 31.3 Å². The normalized spacial score (nSPS) is 11.6. The zero-order chi connectivity index (χ0) is 23.6. The van der Waals surface area contributed by atoms with Crippen molar-refractivity contribution in [1.82, 2.24) is 13.9 Å². The van der Waals surface area contributed by atoms with Crippen LogP contribution in [-0.2, 0) is 21.4 Å². The van der Waals surface area contributed by atoms with Gasteiger partial charge in [-0.2, -0.15) is 4.31 Å². The smallest absolute Gasteiger partial charge is 0.330 e. The second-order valence-electron chi connectivity index (χ2n) is 6.84. The Balaban J connectivity index is 1.89. The number of halogens is 1. The third-order valence-corrected chi connectivity index (χ3v) is 8.18. The Morgan fingerprint density at radius 2 is 1.81 bits per heavy atom. The second kappa shape index (κ2) is 9.28. The lowest BCUT2D eigenvalue weighted by Crippen LogP contribution is -2.43. The van der Waals surface area contributed by atoms with E-state index in [1.165, 1.54) is 26.2 Å². The summed E-state index contributed by atoms with van der Waals surface area (Å²) in [5.74, 6) is -0.935. The van der Waals surface area contributed by atoms with Gasteiger partial charge in [-0.15, -0.1) is 11.3 Å². The molecule has 0 spiro atoms. The second-order valence-corrected chi connectivity index (χ2v) is 10.8. The predicted molar refractivity (Wildman–Crippen MR) is 124 cm³/mol. The van der Waals surface area contributed by atoms with E-state index in [0.29, 0.717) is 4.34 Å². The zero-order valence-corrected chi connectivity index (χ0v) is 19.5. The first-order valence-electron chi connectivity index (χ1n) is 9.17. The predicted octanol–water partition coefficient (Wildman–Crippen LogP) is 1.17. The highest BCUT2D eigenvalue weighted by Gasteiger charge is 2.28. The van der Waals surface area contributed by atoms with Crippen LogP contribution in [0.2, 0.25) is 4.34 Å². The van der Waals surface area contributed by atoms with Crippen LogP contribution in [0.15, 0.2) is 56.3 Å². The molecular formula is C19H20ClN5O5S2. The molecular weight excluding hydrogens is 478 g/mol. The highest BCUT2D eigenvalue weighted by molar-refractivity contribution is 7.91. The van der Waals surface area contributed by atoms with E-state index in [0.717, 1.165) is 30.7 Å². The molecule has 0 unspecified atom stereocenters. The molecule has 170 valence electrons. The Bertz CT molecular complexity index is 1360. The molecule has 32 heavy (non-hydrogen) atoms. The maximum absolute atomic E-state index is 12.8. The Kier molecular flexibility index (Phi) is 6.88. The van der Waals surface area contributed by atoms with Crippen molar-refractivity contribution in [1.29, 1.82) is 0 Å². The molecule has 0 aliphatic carbocycles. The number of H-pyrrole nitrogens is 1. The summed E-state index contributed by atoms with van der Waals surface area (Å²) in [4.78, 5) is 40.6. The Labute approximate surface area is 192 Å². The first kappa shape index (κ1) is 23.7. The van der Waals surface area contributed by atoms with E-state index in [1.54, 1.807) is 24.3 Å². The number of aromatic amines is 1. The molecule has 1 aromatic carbocycles. The van der Waals surface area contributed by atoms with Gasteiger partial charge in [0.05, 0.1) is 17.4 Å². The van der Waals surface area contributed by atoms with Crippen LogP contribution in [0.25, 0.3) is 0 Å². The average molecular weight is 498 g/mol. The lowest BCUT2D eigenvalue weighted by molar-refractivity contribution is -0.118. The summed E-state index contributed by atoms with van der Waals surface area (Å²) in [5, 5.41) is 0. The van der Waals surface area contributed by atoms with E-state index in [-0.39, 0.29) is 22.3 Å². The molecule has 0 fully saturated rings. The first-order valence-corrected chi connectivity index (χ1v) is 11.8.